The Balaban J connectivity index is 2.01. The highest BCUT2D eigenvalue weighted by Gasteiger charge is 2.36. The van der Waals surface area contributed by atoms with Crippen LogP contribution in [0, 0.1) is 5.41 Å². The molecule has 0 unspecified atom stereocenters. The number of carboxylic acids is 1. The number of hydrogen-bond donors (Lipinski definition) is 3. The van der Waals surface area contributed by atoms with Gasteiger partial charge in [-0.05, 0) is 51.6 Å². The summed E-state index contributed by atoms with van der Waals surface area (Å²) in [5.41, 5.74) is 1.09. The van der Waals surface area contributed by atoms with E-state index in [1.807, 2.05) is 20.9 Å². The first-order valence-corrected chi connectivity index (χ1v) is 11.3. The average molecular weight is 487 g/mol. The van der Waals surface area contributed by atoms with Gasteiger partial charge in [-0.3, -0.25) is 9.69 Å². The summed E-state index contributed by atoms with van der Waals surface area (Å²) >= 11 is 6.52. The van der Waals surface area contributed by atoms with Crippen molar-refractivity contribution in [3.8, 4) is 17.0 Å². The van der Waals surface area contributed by atoms with E-state index >= 15 is 0 Å². The quantitative estimate of drug-likeness (QED) is 0.415. The minimum Gasteiger partial charge on any atom is -0.480 e. The zero-order valence-corrected chi connectivity index (χ0v) is 21.3. The van der Waals surface area contributed by atoms with Crippen molar-refractivity contribution in [2.75, 3.05) is 26.1 Å². The Hall–Kier alpha value is -3.10. The van der Waals surface area contributed by atoms with Gasteiger partial charge in [0.1, 0.15) is 5.82 Å². The third kappa shape index (κ3) is 4.88. The van der Waals surface area contributed by atoms with Crippen LogP contribution in [0.25, 0.3) is 22.0 Å². The normalized spacial score (nSPS) is 12.1. The highest BCUT2D eigenvalue weighted by molar-refractivity contribution is 6.34. The SMILES string of the molecule is CNC(C)(C)CC(C)(C)C(=O)N(C)c1ccc(-c2cc3c(C(=O)O)c[nH]c3cc2Cl)c(OC)n1. The van der Waals surface area contributed by atoms with Crippen LogP contribution in [-0.2, 0) is 4.79 Å². The molecule has 0 radical (unpaired) electrons. The summed E-state index contributed by atoms with van der Waals surface area (Å²) in [6, 6.07) is 6.88. The summed E-state index contributed by atoms with van der Waals surface area (Å²) in [4.78, 5) is 33.9. The molecule has 0 fully saturated rings. The summed E-state index contributed by atoms with van der Waals surface area (Å²) in [5.74, 6) is -0.398. The van der Waals surface area contributed by atoms with Gasteiger partial charge in [-0.25, -0.2) is 4.79 Å². The Morgan fingerprint density at radius 1 is 1.21 bits per heavy atom. The Kier molecular flexibility index (Phi) is 6.96. The number of halogens is 1. The number of fused-ring (bicyclic) bond motifs is 1. The van der Waals surface area contributed by atoms with Gasteiger partial charge in [0.25, 0.3) is 0 Å². The van der Waals surface area contributed by atoms with E-state index in [0.29, 0.717) is 39.3 Å². The van der Waals surface area contributed by atoms with E-state index in [9.17, 15) is 14.7 Å². The summed E-state index contributed by atoms with van der Waals surface area (Å²) in [7, 11) is 5.06. The highest BCUT2D eigenvalue weighted by atomic mass is 35.5. The van der Waals surface area contributed by atoms with Crippen LogP contribution in [-0.4, -0.2) is 53.7 Å². The van der Waals surface area contributed by atoms with Crippen LogP contribution >= 0.6 is 11.6 Å². The summed E-state index contributed by atoms with van der Waals surface area (Å²) in [5, 5.41) is 13.7. The van der Waals surface area contributed by atoms with E-state index < -0.39 is 11.4 Å². The zero-order valence-electron chi connectivity index (χ0n) is 20.5. The van der Waals surface area contributed by atoms with Gasteiger partial charge < -0.3 is 20.1 Å². The fourth-order valence-electron chi connectivity index (χ4n) is 4.33. The highest BCUT2D eigenvalue weighted by Crippen LogP contribution is 2.39. The smallest absolute Gasteiger partial charge is 0.337 e. The second-order valence-corrected chi connectivity index (χ2v) is 10.1. The van der Waals surface area contributed by atoms with Gasteiger partial charge in [-0.2, -0.15) is 4.98 Å². The second-order valence-electron chi connectivity index (χ2n) is 9.67. The van der Waals surface area contributed by atoms with Crippen molar-refractivity contribution < 1.29 is 19.4 Å². The van der Waals surface area contributed by atoms with Crippen molar-refractivity contribution in [2.45, 2.75) is 39.7 Å². The predicted molar refractivity (Wildman–Crippen MR) is 135 cm³/mol. The molecule has 3 aromatic rings. The van der Waals surface area contributed by atoms with Crippen LogP contribution in [0.4, 0.5) is 5.82 Å². The summed E-state index contributed by atoms with van der Waals surface area (Å²) < 4.78 is 5.54. The molecule has 3 rings (SSSR count). The molecular formula is C25H31ClN4O4. The van der Waals surface area contributed by atoms with Crippen LogP contribution in [0.5, 0.6) is 5.88 Å². The van der Waals surface area contributed by atoms with Gasteiger partial charge in [0.15, 0.2) is 0 Å². The third-order valence-electron chi connectivity index (χ3n) is 6.12. The number of rotatable bonds is 8. The van der Waals surface area contributed by atoms with E-state index in [2.05, 4.69) is 29.1 Å². The van der Waals surface area contributed by atoms with Crippen molar-refractivity contribution in [2.24, 2.45) is 5.41 Å². The van der Waals surface area contributed by atoms with E-state index in [4.69, 9.17) is 16.3 Å². The van der Waals surface area contributed by atoms with Crippen LogP contribution < -0.4 is 15.0 Å². The monoisotopic (exact) mass is 486 g/mol. The fraction of sp³-hybridized carbons (Fsp3) is 0.400. The van der Waals surface area contributed by atoms with Gasteiger partial charge in [0.05, 0.1) is 17.7 Å². The Bertz CT molecular complexity index is 1250. The molecule has 2 heterocycles. The number of benzene rings is 1. The lowest BCUT2D eigenvalue weighted by Gasteiger charge is -2.36. The van der Waals surface area contributed by atoms with E-state index in [1.165, 1.54) is 18.2 Å². The minimum absolute atomic E-state index is 0.0731. The number of anilines is 1. The largest absolute Gasteiger partial charge is 0.480 e. The first-order valence-electron chi connectivity index (χ1n) is 10.9. The number of amides is 1. The van der Waals surface area contributed by atoms with Crippen molar-refractivity contribution >= 4 is 40.2 Å². The molecule has 0 aliphatic rings. The molecule has 0 spiro atoms. The molecule has 8 nitrogen and oxygen atoms in total. The third-order valence-corrected chi connectivity index (χ3v) is 6.43. The molecule has 0 bridgehead atoms. The number of nitrogens with one attached hydrogen (secondary N) is 2. The molecule has 0 saturated heterocycles. The molecule has 9 heteroatoms. The topological polar surface area (TPSA) is 108 Å². The summed E-state index contributed by atoms with van der Waals surface area (Å²) in [6.45, 7) is 7.95. The molecule has 34 heavy (non-hydrogen) atoms. The van der Waals surface area contributed by atoms with E-state index in [-0.39, 0.29) is 22.9 Å². The number of aromatic amines is 1. The predicted octanol–water partition coefficient (Wildman–Crippen LogP) is 4.97. The molecule has 1 amide bonds. The standard InChI is InChI=1S/C25H31ClN4O4/c1-24(2,13-25(3,4)27-5)23(33)30(6)20-9-8-14(21(29-20)34-7)15-10-16-17(22(31)32)12-28-19(16)11-18(15)26/h8-12,27-28H,13H2,1-7H3,(H,31,32). The number of ether oxygens (including phenoxy) is 1. The molecule has 182 valence electrons. The maximum absolute atomic E-state index is 13.3. The number of H-pyrrole nitrogens is 1. The van der Waals surface area contributed by atoms with Crippen LogP contribution in [0.1, 0.15) is 44.5 Å². The maximum Gasteiger partial charge on any atom is 0.337 e. The van der Waals surface area contributed by atoms with Crippen LogP contribution in [0.3, 0.4) is 0 Å². The van der Waals surface area contributed by atoms with Gasteiger partial charge in [-0.15, -0.1) is 0 Å². The number of hydrogen-bond acceptors (Lipinski definition) is 5. The molecule has 3 N–H and O–H groups in total. The molecule has 2 aromatic heterocycles. The first-order chi connectivity index (χ1) is 15.8. The molecule has 1 aromatic carbocycles. The van der Waals surface area contributed by atoms with Crippen molar-refractivity contribution in [3.63, 3.8) is 0 Å². The number of carbonyl (C=O) groups is 2. The number of aromatic carboxylic acids is 1. The van der Waals surface area contributed by atoms with Crippen LogP contribution in [0.15, 0.2) is 30.5 Å². The first kappa shape index (κ1) is 25.5. The Morgan fingerprint density at radius 3 is 2.47 bits per heavy atom. The lowest BCUT2D eigenvalue weighted by molar-refractivity contribution is -0.127. The second kappa shape index (κ2) is 9.27. The van der Waals surface area contributed by atoms with Crippen LogP contribution in [0.2, 0.25) is 5.02 Å². The zero-order chi connectivity index (χ0) is 25.4. The molecule has 0 atom stereocenters. The van der Waals surface area contributed by atoms with Gasteiger partial charge >= 0.3 is 5.97 Å². The average Bonchev–Trinajstić information content (AvgIpc) is 3.19. The summed E-state index contributed by atoms with van der Waals surface area (Å²) in [6.07, 6.45) is 2.07. The van der Waals surface area contributed by atoms with Gasteiger partial charge in [-0.1, -0.05) is 25.4 Å². The van der Waals surface area contributed by atoms with E-state index in [0.717, 1.165) is 0 Å². The fourth-order valence-corrected chi connectivity index (χ4v) is 4.60. The Labute approximate surface area is 204 Å². The van der Waals surface area contributed by atoms with Crippen molar-refractivity contribution in [3.05, 3.63) is 41.0 Å². The lowest BCUT2D eigenvalue weighted by atomic mass is 9.79. The number of carboxylic acid groups (broad SMARTS) is 1. The molecule has 0 aliphatic heterocycles. The van der Waals surface area contributed by atoms with Crippen molar-refractivity contribution in [1.82, 2.24) is 15.3 Å². The minimum atomic E-state index is -1.04. The Morgan fingerprint density at radius 2 is 1.88 bits per heavy atom. The number of nitrogens with zero attached hydrogens (tertiary/aromatic N) is 2. The maximum atomic E-state index is 13.3. The van der Waals surface area contributed by atoms with Crippen molar-refractivity contribution in [1.29, 1.82) is 0 Å². The number of pyridine rings is 1. The molecule has 0 aliphatic carbocycles. The van der Waals surface area contributed by atoms with E-state index in [1.54, 1.807) is 31.3 Å². The van der Waals surface area contributed by atoms with Gasteiger partial charge in [0.2, 0.25) is 11.8 Å². The van der Waals surface area contributed by atoms with Gasteiger partial charge in [0, 0.05) is 46.2 Å². The number of aromatic nitrogens is 2. The lowest BCUT2D eigenvalue weighted by Crippen LogP contribution is -2.47. The number of methoxy groups -OCH3 is 1. The molecular weight excluding hydrogens is 456 g/mol. The number of carbonyl (C=O) groups excluding carboxylic acids is 1. The molecule has 0 saturated carbocycles.